The van der Waals surface area contributed by atoms with E-state index in [4.69, 9.17) is 0 Å². The minimum absolute atomic E-state index is 0.109. The SMILES string of the molecule is Cc1ccc(C2CC3C4NN=C(CCC(=O)N5CCCCCC5)N4C=CN3N2)cc1C. The molecule has 0 aromatic heterocycles. The van der Waals surface area contributed by atoms with E-state index in [0.717, 1.165) is 38.2 Å². The Hall–Kier alpha value is -2.54. The van der Waals surface area contributed by atoms with E-state index in [9.17, 15) is 4.79 Å². The van der Waals surface area contributed by atoms with Gasteiger partial charge in [0.2, 0.25) is 5.91 Å². The van der Waals surface area contributed by atoms with Crippen LogP contribution in [-0.4, -0.2) is 51.8 Å². The van der Waals surface area contributed by atoms with Crippen LogP contribution in [0.1, 0.15) is 67.7 Å². The normalized spacial score (nSPS) is 27.5. The molecule has 31 heavy (non-hydrogen) atoms. The van der Waals surface area contributed by atoms with Gasteiger partial charge in [-0.05, 0) is 49.8 Å². The van der Waals surface area contributed by atoms with E-state index >= 15 is 0 Å². The van der Waals surface area contributed by atoms with Crippen LogP contribution in [0.25, 0.3) is 0 Å². The predicted octanol–water partition coefficient (Wildman–Crippen LogP) is 3.14. The largest absolute Gasteiger partial charge is 0.343 e. The molecule has 166 valence electrons. The summed E-state index contributed by atoms with van der Waals surface area (Å²) in [6, 6.07) is 7.33. The molecule has 0 spiro atoms. The van der Waals surface area contributed by atoms with Crippen LogP contribution in [0, 0.1) is 13.8 Å². The second-order valence-electron chi connectivity index (χ2n) is 9.34. The van der Waals surface area contributed by atoms with Gasteiger partial charge in [0.25, 0.3) is 0 Å². The fourth-order valence-electron chi connectivity index (χ4n) is 5.21. The van der Waals surface area contributed by atoms with Crippen LogP contribution in [0.3, 0.4) is 0 Å². The number of carbonyl (C=O) groups is 1. The number of amidine groups is 1. The van der Waals surface area contributed by atoms with Crippen molar-refractivity contribution in [2.24, 2.45) is 5.10 Å². The molecule has 2 saturated heterocycles. The molecule has 4 aliphatic heterocycles. The number of benzene rings is 1. The number of nitrogens with one attached hydrogen (secondary N) is 2. The molecule has 0 saturated carbocycles. The fraction of sp³-hybridized carbons (Fsp3) is 0.583. The summed E-state index contributed by atoms with van der Waals surface area (Å²) in [5, 5.41) is 6.83. The highest BCUT2D eigenvalue weighted by Crippen LogP contribution is 2.34. The molecule has 1 aromatic rings. The summed E-state index contributed by atoms with van der Waals surface area (Å²) in [6.07, 6.45) is 11.3. The summed E-state index contributed by atoms with van der Waals surface area (Å²) in [4.78, 5) is 17.0. The number of hydrazone groups is 1. The van der Waals surface area contributed by atoms with Crippen molar-refractivity contribution in [2.45, 2.75) is 77.0 Å². The highest BCUT2D eigenvalue weighted by atomic mass is 16.2. The first kappa shape index (κ1) is 20.4. The first-order valence-corrected chi connectivity index (χ1v) is 11.8. The summed E-state index contributed by atoms with van der Waals surface area (Å²) in [7, 11) is 0. The van der Waals surface area contributed by atoms with Crippen LogP contribution in [0.5, 0.6) is 0 Å². The fourth-order valence-corrected chi connectivity index (χ4v) is 5.21. The van der Waals surface area contributed by atoms with Gasteiger partial charge in [0.1, 0.15) is 12.0 Å². The van der Waals surface area contributed by atoms with E-state index in [1.807, 2.05) is 0 Å². The summed E-state index contributed by atoms with van der Waals surface area (Å²) in [5.74, 6) is 1.24. The van der Waals surface area contributed by atoms with Crippen molar-refractivity contribution >= 4 is 11.7 Å². The van der Waals surface area contributed by atoms with Gasteiger partial charge in [-0.2, -0.15) is 5.10 Å². The van der Waals surface area contributed by atoms with Gasteiger partial charge in [0, 0.05) is 38.3 Å². The average Bonchev–Trinajstić information content (AvgIpc) is 3.28. The molecule has 1 aromatic carbocycles. The molecule has 0 radical (unpaired) electrons. The Bertz CT molecular complexity index is 888. The Balaban J connectivity index is 1.20. The number of fused-ring (bicyclic) bond motifs is 3. The maximum absolute atomic E-state index is 12.7. The third-order valence-electron chi connectivity index (χ3n) is 7.27. The van der Waals surface area contributed by atoms with Crippen LogP contribution in [0.15, 0.2) is 35.7 Å². The Morgan fingerprint density at radius 3 is 2.68 bits per heavy atom. The van der Waals surface area contributed by atoms with E-state index in [-0.39, 0.29) is 12.1 Å². The first-order valence-electron chi connectivity index (χ1n) is 11.8. The molecule has 5 rings (SSSR count). The van der Waals surface area contributed by atoms with Gasteiger partial charge in [-0.15, -0.1) is 0 Å². The molecule has 3 atom stereocenters. The van der Waals surface area contributed by atoms with Gasteiger partial charge >= 0.3 is 0 Å². The summed E-state index contributed by atoms with van der Waals surface area (Å²) >= 11 is 0. The lowest BCUT2D eigenvalue weighted by Gasteiger charge is -2.37. The topological polar surface area (TPSA) is 63.2 Å². The molecule has 0 bridgehead atoms. The Morgan fingerprint density at radius 1 is 1.10 bits per heavy atom. The molecular weight excluding hydrogens is 388 g/mol. The highest BCUT2D eigenvalue weighted by molar-refractivity contribution is 5.89. The maximum atomic E-state index is 12.7. The maximum Gasteiger partial charge on any atom is 0.223 e. The molecule has 3 unspecified atom stereocenters. The molecule has 0 aliphatic carbocycles. The van der Waals surface area contributed by atoms with Gasteiger partial charge < -0.3 is 14.8 Å². The zero-order chi connectivity index (χ0) is 21.4. The minimum Gasteiger partial charge on any atom is -0.343 e. The monoisotopic (exact) mass is 422 g/mol. The molecule has 2 N–H and O–H groups in total. The van der Waals surface area contributed by atoms with E-state index in [2.05, 4.69) is 75.2 Å². The number of amides is 1. The zero-order valence-corrected chi connectivity index (χ0v) is 18.7. The van der Waals surface area contributed by atoms with Crippen LogP contribution < -0.4 is 10.9 Å². The van der Waals surface area contributed by atoms with Gasteiger partial charge in [0.05, 0.1) is 12.1 Å². The quantitative estimate of drug-likeness (QED) is 0.781. The summed E-state index contributed by atoms with van der Waals surface area (Å²) in [6.45, 7) is 6.16. The lowest BCUT2D eigenvalue weighted by atomic mass is 9.97. The van der Waals surface area contributed by atoms with Gasteiger partial charge in [-0.1, -0.05) is 31.0 Å². The number of hydrazine groups is 1. The smallest absolute Gasteiger partial charge is 0.223 e. The number of nitrogens with zero attached hydrogens (tertiary/aromatic N) is 4. The van der Waals surface area contributed by atoms with Crippen LogP contribution >= 0.6 is 0 Å². The van der Waals surface area contributed by atoms with Crippen molar-refractivity contribution in [3.05, 3.63) is 47.3 Å². The molecule has 7 heteroatoms. The van der Waals surface area contributed by atoms with E-state index in [1.54, 1.807) is 0 Å². The number of rotatable bonds is 4. The molecule has 4 aliphatic rings. The zero-order valence-electron chi connectivity index (χ0n) is 18.7. The highest BCUT2D eigenvalue weighted by Gasteiger charge is 2.44. The standard InChI is InChI=1S/C24H34N6O/c1-17-7-8-19(15-18(17)2)20-16-21-24-26-25-22(29(24)13-14-30(21)27-20)9-10-23(31)28-11-5-3-4-6-12-28/h7-8,13-15,20-21,24,26-27H,3-6,9-12,16H2,1-2H3. The van der Waals surface area contributed by atoms with E-state index in [0.29, 0.717) is 24.9 Å². The molecule has 4 heterocycles. The van der Waals surface area contributed by atoms with Gasteiger partial charge in [-0.3, -0.25) is 10.2 Å². The summed E-state index contributed by atoms with van der Waals surface area (Å²) < 4.78 is 0. The van der Waals surface area contributed by atoms with Crippen LogP contribution in [0.4, 0.5) is 0 Å². The average molecular weight is 423 g/mol. The van der Waals surface area contributed by atoms with Crippen molar-refractivity contribution in [2.75, 3.05) is 13.1 Å². The Morgan fingerprint density at radius 2 is 1.90 bits per heavy atom. The molecule has 1 amide bonds. The summed E-state index contributed by atoms with van der Waals surface area (Å²) in [5.41, 5.74) is 11.0. The predicted molar refractivity (Wildman–Crippen MR) is 122 cm³/mol. The number of aryl methyl sites for hydroxylation is 2. The van der Waals surface area contributed by atoms with Crippen molar-refractivity contribution in [1.29, 1.82) is 0 Å². The second kappa shape index (κ2) is 8.54. The molecule has 2 fully saturated rings. The number of likely N-dealkylation sites (tertiary alicyclic amines) is 1. The number of hydrogen-bond acceptors (Lipinski definition) is 6. The first-order chi connectivity index (χ1) is 15.1. The van der Waals surface area contributed by atoms with E-state index < -0.39 is 0 Å². The van der Waals surface area contributed by atoms with Crippen LogP contribution in [0.2, 0.25) is 0 Å². The third kappa shape index (κ3) is 4.03. The molecule has 7 nitrogen and oxygen atoms in total. The van der Waals surface area contributed by atoms with Crippen molar-refractivity contribution in [3.8, 4) is 0 Å². The van der Waals surface area contributed by atoms with Gasteiger partial charge in [-0.25, -0.2) is 5.43 Å². The molecular formula is C24H34N6O. The number of carbonyl (C=O) groups excluding carboxylic acids is 1. The van der Waals surface area contributed by atoms with Crippen molar-refractivity contribution in [3.63, 3.8) is 0 Å². The lowest BCUT2D eigenvalue weighted by Crippen LogP contribution is -2.54. The Kier molecular flexibility index (Phi) is 5.61. The lowest BCUT2D eigenvalue weighted by molar-refractivity contribution is -0.131. The number of hydrogen-bond donors (Lipinski definition) is 2. The third-order valence-corrected chi connectivity index (χ3v) is 7.27. The minimum atomic E-state index is 0.109. The second-order valence-corrected chi connectivity index (χ2v) is 9.34. The van der Waals surface area contributed by atoms with Crippen LogP contribution in [-0.2, 0) is 4.79 Å². The van der Waals surface area contributed by atoms with Crippen molar-refractivity contribution < 1.29 is 4.79 Å². The van der Waals surface area contributed by atoms with Crippen molar-refractivity contribution in [1.82, 2.24) is 25.7 Å². The Labute approximate surface area is 185 Å². The van der Waals surface area contributed by atoms with Gasteiger partial charge in [0.15, 0.2) is 0 Å². The van der Waals surface area contributed by atoms with E-state index in [1.165, 1.54) is 29.5 Å².